The second-order valence-corrected chi connectivity index (χ2v) is 6.77. The van der Waals surface area contributed by atoms with Crippen LogP contribution in [0.15, 0.2) is 64.2 Å². The van der Waals surface area contributed by atoms with Gasteiger partial charge in [-0.25, -0.2) is 5.43 Å². The van der Waals surface area contributed by atoms with Crippen LogP contribution < -0.4 is 19.6 Å². The topological polar surface area (TPSA) is 69.2 Å². The molecule has 0 unspecified atom stereocenters. The first-order chi connectivity index (χ1) is 13.6. The van der Waals surface area contributed by atoms with E-state index in [1.54, 1.807) is 32.4 Å². The van der Waals surface area contributed by atoms with Crippen LogP contribution in [0.25, 0.3) is 10.8 Å². The maximum Gasteiger partial charge on any atom is 0.277 e. The van der Waals surface area contributed by atoms with Crippen LogP contribution in [0.2, 0.25) is 0 Å². The van der Waals surface area contributed by atoms with Crippen molar-refractivity contribution in [3.63, 3.8) is 0 Å². The van der Waals surface area contributed by atoms with Gasteiger partial charge in [-0.05, 0) is 58.8 Å². The van der Waals surface area contributed by atoms with E-state index in [4.69, 9.17) is 14.2 Å². The van der Waals surface area contributed by atoms with Gasteiger partial charge in [0.05, 0.1) is 20.4 Å². The molecule has 144 valence electrons. The van der Waals surface area contributed by atoms with Crippen molar-refractivity contribution in [2.24, 2.45) is 5.10 Å². The standard InChI is InChI=1S/C21H19BrN2O4/c1-26-19-8-3-14(9-20(19)27-2)12-23-24-21(25)13-28-18-7-5-15-10-17(22)6-4-16(15)11-18/h3-12H,13H2,1-2H3,(H,24,25)/b23-12-. The van der Waals surface area contributed by atoms with Gasteiger partial charge in [-0.3, -0.25) is 4.79 Å². The summed E-state index contributed by atoms with van der Waals surface area (Å²) in [6.07, 6.45) is 1.52. The fourth-order valence-corrected chi connectivity index (χ4v) is 2.96. The molecule has 3 aromatic carbocycles. The molecule has 0 bridgehead atoms. The molecular formula is C21H19BrN2O4. The number of benzene rings is 3. The zero-order valence-corrected chi connectivity index (χ0v) is 17.0. The van der Waals surface area contributed by atoms with Gasteiger partial charge in [0.15, 0.2) is 18.1 Å². The minimum Gasteiger partial charge on any atom is -0.493 e. The van der Waals surface area contributed by atoms with Crippen molar-refractivity contribution in [1.29, 1.82) is 0 Å². The van der Waals surface area contributed by atoms with E-state index in [1.165, 1.54) is 6.21 Å². The molecule has 0 aromatic heterocycles. The lowest BCUT2D eigenvalue weighted by molar-refractivity contribution is -0.123. The Labute approximate surface area is 171 Å². The summed E-state index contributed by atoms with van der Waals surface area (Å²) in [5.74, 6) is 1.48. The number of fused-ring (bicyclic) bond motifs is 1. The van der Waals surface area contributed by atoms with Gasteiger partial charge in [-0.15, -0.1) is 0 Å². The Morgan fingerprint density at radius 2 is 1.75 bits per heavy atom. The summed E-state index contributed by atoms with van der Waals surface area (Å²) >= 11 is 3.45. The third-order valence-corrected chi connectivity index (χ3v) is 4.45. The maximum atomic E-state index is 11.9. The smallest absolute Gasteiger partial charge is 0.277 e. The molecule has 3 rings (SSSR count). The van der Waals surface area contributed by atoms with Crippen molar-refractivity contribution in [3.05, 3.63) is 64.6 Å². The Balaban J connectivity index is 1.54. The van der Waals surface area contributed by atoms with E-state index in [0.717, 1.165) is 20.8 Å². The number of hydrogen-bond acceptors (Lipinski definition) is 5. The molecule has 0 spiro atoms. The zero-order valence-electron chi connectivity index (χ0n) is 15.4. The Hall–Kier alpha value is -3.06. The largest absolute Gasteiger partial charge is 0.493 e. The predicted octanol–water partition coefficient (Wildman–Crippen LogP) is 4.15. The highest BCUT2D eigenvalue weighted by Crippen LogP contribution is 2.27. The van der Waals surface area contributed by atoms with Gasteiger partial charge >= 0.3 is 0 Å². The van der Waals surface area contributed by atoms with Gasteiger partial charge in [-0.1, -0.05) is 28.1 Å². The van der Waals surface area contributed by atoms with Crippen molar-refractivity contribution in [2.75, 3.05) is 20.8 Å². The van der Waals surface area contributed by atoms with Crippen LogP contribution in [0.5, 0.6) is 17.2 Å². The number of nitrogens with one attached hydrogen (secondary N) is 1. The molecule has 0 aliphatic rings. The summed E-state index contributed by atoms with van der Waals surface area (Å²) in [5.41, 5.74) is 3.20. The van der Waals surface area contributed by atoms with Crippen LogP contribution in [0.3, 0.4) is 0 Å². The highest BCUT2D eigenvalue weighted by Gasteiger charge is 2.05. The van der Waals surface area contributed by atoms with E-state index in [0.29, 0.717) is 17.2 Å². The van der Waals surface area contributed by atoms with E-state index in [9.17, 15) is 4.79 Å². The Morgan fingerprint density at radius 3 is 2.54 bits per heavy atom. The first kappa shape index (κ1) is 19.7. The molecule has 0 atom stereocenters. The fraction of sp³-hybridized carbons (Fsp3) is 0.143. The lowest BCUT2D eigenvalue weighted by Crippen LogP contribution is -2.24. The molecule has 0 heterocycles. The van der Waals surface area contributed by atoms with E-state index in [1.807, 2.05) is 36.4 Å². The molecule has 7 heteroatoms. The molecule has 0 saturated heterocycles. The van der Waals surface area contributed by atoms with Gasteiger partial charge in [0.25, 0.3) is 5.91 Å². The van der Waals surface area contributed by atoms with Gasteiger partial charge in [-0.2, -0.15) is 5.10 Å². The predicted molar refractivity (Wildman–Crippen MR) is 112 cm³/mol. The van der Waals surface area contributed by atoms with Crippen LogP contribution in [0.1, 0.15) is 5.56 Å². The summed E-state index contributed by atoms with van der Waals surface area (Å²) in [6, 6.07) is 17.0. The fourth-order valence-electron chi connectivity index (χ4n) is 2.58. The quantitative estimate of drug-likeness (QED) is 0.440. The Kier molecular flexibility index (Phi) is 6.49. The molecule has 0 aliphatic heterocycles. The van der Waals surface area contributed by atoms with Crippen molar-refractivity contribution >= 4 is 38.8 Å². The number of carbonyl (C=O) groups is 1. The van der Waals surface area contributed by atoms with Crippen LogP contribution in [-0.2, 0) is 4.79 Å². The highest BCUT2D eigenvalue weighted by atomic mass is 79.9. The Morgan fingerprint density at radius 1 is 1.00 bits per heavy atom. The third kappa shape index (κ3) is 5.01. The summed E-state index contributed by atoms with van der Waals surface area (Å²) in [4.78, 5) is 11.9. The Bertz CT molecular complexity index is 1020. The number of amides is 1. The molecule has 1 N–H and O–H groups in total. The summed E-state index contributed by atoms with van der Waals surface area (Å²) in [6.45, 7) is -0.134. The van der Waals surface area contributed by atoms with Crippen molar-refractivity contribution in [3.8, 4) is 17.2 Å². The first-order valence-electron chi connectivity index (χ1n) is 8.45. The molecular weight excluding hydrogens is 424 g/mol. The van der Waals surface area contributed by atoms with Gasteiger partial charge < -0.3 is 14.2 Å². The molecule has 0 fully saturated rings. The molecule has 0 radical (unpaired) electrons. The first-order valence-corrected chi connectivity index (χ1v) is 9.24. The van der Waals surface area contributed by atoms with Crippen LogP contribution >= 0.6 is 15.9 Å². The number of methoxy groups -OCH3 is 2. The van der Waals surface area contributed by atoms with Gasteiger partial charge in [0.2, 0.25) is 0 Å². The lowest BCUT2D eigenvalue weighted by Gasteiger charge is -2.08. The van der Waals surface area contributed by atoms with E-state index in [-0.39, 0.29) is 12.5 Å². The van der Waals surface area contributed by atoms with Crippen LogP contribution in [-0.4, -0.2) is 32.9 Å². The van der Waals surface area contributed by atoms with Crippen LogP contribution in [0, 0.1) is 0 Å². The second kappa shape index (κ2) is 9.23. The minimum absolute atomic E-state index is 0.134. The molecule has 3 aromatic rings. The molecule has 28 heavy (non-hydrogen) atoms. The minimum atomic E-state index is -0.354. The molecule has 6 nitrogen and oxygen atoms in total. The van der Waals surface area contributed by atoms with Crippen molar-refractivity contribution in [1.82, 2.24) is 5.43 Å². The number of hydrazone groups is 1. The number of carbonyl (C=O) groups excluding carboxylic acids is 1. The summed E-state index contributed by atoms with van der Waals surface area (Å²) in [5, 5.41) is 6.06. The zero-order chi connectivity index (χ0) is 19.9. The SMILES string of the molecule is COc1ccc(/C=N\NC(=O)COc2ccc3cc(Br)ccc3c2)cc1OC. The summed E-state index contributed by atoms with van der Waals surface area (Å²) in [7, 11) is 3.13. The normalized spacial score (nSPS) is 10.8. The highest BCUT2D eigenvalue weighted by molar-refractivity contribution is 9.10. The van der Waals surface area contributed by atoms with E-state index < -0.39 is 0 Å². The van der Waals surface area contributed by atoms with Gasteiger partial charge in [0, 0.05) is 4.47 Å². The summed E-state index contributed by atoms with van der Waals surface area (Å²) < 4.78 is 17.0. The van der Waals surface area contributed by atoms with Gasteiger partial charge in [0.1, 0.15) is 5.75 Å². The lowest BCUT2D eigenvalue weighted by atomic mass is 10.1. The molecule has 0 aliphatic carbocycles. The average molecular weight is 443 g/mol. The number of ether oxygens (including phenoxy) is 3. The van der Waals surface area contributed by atoms with Crippen molar-refractivity contribution < 1.29 is 19.0 Å². The van der Waals surface area contributed by atoms with E-state index in [2.05, 4.69) is 26.5 Å². The number of hydrogen-bond donors (Lipinski definition) is 1. The number of nitrogens with zero attached hydrogens (tertiary/aromatic N) is 1. The average Bonchev–Trinajstić information content (AvgIpc) is 2.72. The molecule has 0 saturated carbocycles. The third-order valence-electron chi connectivity index (χ3n) is 3.95. The van der Waals surface area contributed by atoms with E-state index >= 15 is 0 Å². The number of rotatable bonds is 7. The van der Waals surface area contributed by atoms with Crippen LogP contribution in [0.4, 0.5) is 0 Å². The maximum absolute atomic E-state index is 11.9. The second-order valence-electron chi connectivity index (χ2n) is 5.85. The monoisotopic (exact) mass is 442 g/mol. The molecule has 1 amide bonds. The van der Waals surface area contributed by atoms with Crippen molar-refractivity contribution in [2.45, 2.75) is 0 Å². The number of halogens is 1.